The molecule has 0 bridgehead atoms. The number of pyridine rings is 1. The van der Waals surface area contributed by atoms with Gasteiger partial charge in [-0.2, -0.15) is 0 Å². The zero-order valence-corrected chi connectivity index (χ0v) is 15.9. The number of nitro groups is 1. The number of aromatic nitrogens is 1. The number of nitrogens with zero attached hydrogens (tertiary/aromatic N) is 3. The molecular weight excluding hydrogens is 420 g/mol. The highest BCUT2D eigenvalue weighted by Crippen LogP contribution is 2.30. The van der Waals surface area contributed by atoms with Crippen LogP contribution in [0.15, 0.2) is 36.5 Å². The molecule has 0 saturated heterocycles. The highest BCUT2D eigenvalue weighted by molar-refractivity contribution is 6.30. The molecule has 0 saturated carbocycles. The third-order valence-electron chi connectivity index (χ3n) is 4.07. The highest BCUT2D eigenvalue weighted by atomic mass is 35.5. The lowest BCUT2D eigenvalue weighted by Crippen LogP contribution is -2.32. The first-order valence-corrected chi connectivity index (χ1v) is 8.86. The van der Waals surface area contributed by atoms with E-state index in [0.717, 1.165) is 11.0 Å². The lowest BCUT2D eigenvalue weighted by atomic mass is 10.1. The van der Waals surface area contributed by atoms with Crippen molar-refractivity contribution in [3.05, 3.63) is 62.8 Å². The highest BCUT2D eigenvalue weighted by Gasteiger charge is 2.40. The van der Waals surface area contributed by atoms with Crippen molar-refractivity contribution in [2.75, 3.05) is 18.5 Å². The van der Waals surface area contributed by atoms with E-state index in [2.05, 4.69) is 10.3 Å². The number of nitro benzene ring substituents is 1. The number of carbonyl (C=O) groups excluding carboxylic acids is 4. The van der Waals surface area contributed by atoms with Crippen LogP contribution in [0.5, 0.6) is 0 Å². The second-order valence-corrected chi connectivity index (χ2v) is 6.48. The van der Waals surface area contributed by atoms with Gasteiger partial charge in [-0.05, 0) is 18.2 Å². The first kappa shape index (κ1) is 20.9. The van der Waals surface area contributed by atoms with Gasteiger partial charge in [-0.1, -0.05) is 17.7 Å². The molecule has 0 fully saturated rings. The molecule has 1 aromatic heterocycles. The topological polar surface area (TPSA) is 149 Å². The van der Waals surface area contributed by atoms with Gasteiger partial charge in [-0.25, -0.2) is 4.98 Å². The standard InChI is InChI=1S/C18H13ClN4O7/c19-10-4-5-13(20-8-10)21-14(24)9-30-15(25)6-7-22-17(26)11-2-1-3-12(23(28)29)16(11)18(22)27/h1-5,8H,6-7,9H2,(H,20,21,24). The fourth-order valence-corrected chi connectivity index (χ4v) is 2.83. The van der Waals surface area contributed by atoms with E-state index in [1.807, 2.05) is 0 Å². The number of fused-ring (bicyclic) bond motifs is 1. The SMILES string of the molecule is O=C(COC(=O)CCN1C(=O)c2cccc([N+](=O)[O-])c2C1=O)Nc1ccc(Cl)cn1. The predicted molar refractivity (Wildman–Crippen MR) is 102 cm³/mol. The molecule has 1 aromatic carbocycles. The van der Waals surface area contributed by atoms with Crippen LogP contribution >= 0.6 is 11.6 Å². The second kappa shape index (κ2) is 8.66. The van der Waals surface area contributed by atoms with E-state index in [1.165, 1.54) is 30.5 Å². The molecule has 1 aliphatic rings. The van der Waals surface area contributed by atoms with Crippen LogP contribution in [0.3, 0.4) is 0 Å². The Morgan fingerprint density at radius 3 is 2.63 bits per heavy atom. The Bertz CT molecular complexity index is 1060. The minimum absolute atomic E-state index is 0.0996. The zero-order chi connectivity index (χ0) is 21.8. The van der Waals surface area contributed by atoms with E-state index >= 15 is 0 Å². The Kier molecular flexibility index (Phi) is 6.02. The number of amides is 3. The zero-order valence-electron chi connectivity index (χ0n) is 15.2. The number of rotatable bonds is 7. The van der Waals surface area contributed by atoms with Crippen LogP contribution in [0.2, 0.25) is 5.02 Å². The summed E-state index contributed by atoms with van der Waals surface area (Å²) >= 11 is 5.68. The number of hydrogen-bond donors (Lipinski definition) is 1. The molecule has 0 radical (unpaired) electrons. The quantitative estimate of drug-likeness (QED) is 0.301. The number of benzene rings is 1. The van der Waals surface area contributed by atoms with E-state index in [9.17, 15) is 29.3 Å². The van der Waals surface area contributed by atoms with Crippen LogP contribution in [0.4, 0.5) is 11.5 Å². The first-order valence-electron chi connectivity index (χ1n) is 8.48. The summed E-state index contributed by atoms with van der Waals surface area (Å²) in [5.74, 6) is -2.86. The normalized spacial score (nSPS) is 12.5. The Hall–Kier alpha value is -3.86. The molecule has 0 spiro atoms. The molecule has 3 amide bonds. The van der Waals surface area contributed by atoms with Gasteiger partial charge in [0.2, 0.25) is 0 Å². The molecule has 3 rings (SSSR count). The lowest BCUT2D eigenvalue weighted by molar-refractivity contribution is -0.385. The van der Waals surface area contributed by atoms with Gasteiger partial charge >= 0.3 is 5.97 Å². The number of ether oxygens (including phenoxy) is 1. The Morgan fingerprint density at radius 1 is 1.20 bits per heavy atom. The Labute approximate surface area is 173 Å². The van der Waals surface area contributed by atoms with Crippen molar-refractivity contribution in [1.29, 1.82) is 0 Å². The molecule has 1 N–H and O–H groups in total. The van der Waals surface area contributed by atoms with Gasteiger partial charge in [0, 0.05) is 18.8 Å². The molecule has 0 unspecified atom stereocenters. The van der Waals surface area contributed by atoms with Crippen molar-refractivity contribution in [2.24, 2.45) is 0 Å². The number of carbonyl (C=O) groups is 4. The first-order chi connectivity index (χ1) is 14.3. The monoisotopic (exact) mass is 432 g/mol. The number of esters is 1. The largest absolute Gasteiger partial charge is 0.456 e. The maximum atomic E-state index is 12.4. The Balaban J connectivity index is 1.52. The number of nitrogens with one attached hydrogen (secondary N) is 1. The molecule has 2 heterocycles. The van der Waals surface area contributed by atoms with Gasteiger partial charge < -0.3 is 10.1 Å². The Morgan fingerprint density at radius 2 is 1.97 bits per heavy atom. The van der Waals surface area contributed by atoms with Crippen LogP contribution in [0.25, 0.3) is 0 Å². The van der Waals surface area contributed by atoms with Gasteiger partial charge in [-0.15, -0.1) is 0 Å². The van der Waals surface area contributed by atoms with Crippen LogP contribution in [-0.2, 0) is 14.3 Å². The third-order valence-corrected chi connectivity index (χ3v) is 4.30. The van der Waals surface area contributed by atoms with Crippen molar-refractivity contribution >= 4 is 46.8 Å². The molecule has 154 valence electrons. The van der Waals surface area contributed by atoms with Crippen molar-refractivity contribution in [3.63, 3.8) is 0 Å². The maximum absolute atomic E-state index is 12.4. The molecule has 11 nitrogen and oxygen atoms in total. The molecule has 30 heavy (non-hydrogen) atoms. The predicted octanol–water partition coefficient (Wildman–Crippen LogP) is 1.81. The molecule has 12 heteroatoms. The fraction of sp³-hybridized carbons (Fsp3) is 0.167. The van der Waals surface area contributed by atoms with Crippen LogP contribution in [-0.4, -0.2) is 51.6 Å². The second-order valence-electron chi connectivity index (χ2n) is 6.04. The molecule has 0 aliphatic carbocycles. The molecule has 0 atom stereocenters. The average Bonchev–Trinajstić information content (AvgIpc) is 2.96. The van der Waals surface area contributed by atoms with E-state index in [0.29, 0.717) is 5.02 Å². The van der Waals surface area contributed by atoms with Gasteiger partial charge in [0.15, 0.2) is 6.61 Å². The van der Waals surface area contributed by atoms with Crippen molar-refractivity contribution in [2.45, 2.75) is 6.42 Å². The summed E-state index contributed by atoms with van der Waals surface area (Å²) < 4.78 is 4.81. The average molecular weight is 433 g/mol. The van der Waals surface area contributed by atoms with Gasteiger partial charge in [0.25, 0.3) is 23.4 Å². The summed E-state index contributed by atoms with van der Waals surface area (Å²) in [4.78, 5) is 63.3. The van der Waals surface area contributed by atoms with E-state index in [-0.39, 0.29) is 29.9 Å². The van der Waals surface area contributed by atoms with Crippen molar-refractivity contribution in [3.8, 4) is 0 Å². The molecule has 1 aliphatic heterocycles. The van der Waals surface area contributed by atoms with Gasteiger partial charge in [0.05, 0.1) is 21.9 Å². The lowest BCUT2D eigenvalue weighted by Gasteiger charge is -2.13. The summed E-state index contributed by atoms with van der Waals surface area (Å²) in [6.07, 6.45) is 0.946. The summed E-state index contributed by atoms with van der Waals surface area (Å²) in [5.41, 5.74) is -0.892. The number of halogens is 1. The number of imide groups is 1. The minimum atomic E-state index is -0.860. The number of hydrogen-bond acceptors (Lipinski definition) is 8. The summed E-state index contributed by atoms with van der Waals surface area (Å²) in [6.45, 7) is -0.945. The van der Waals surface area contributed by atoms with E-state index in [4.69, 9.17) is 16.3 Å². The summed E-state index contributed by atoms with van der Waals surface area (Å²) in [6, 6.07) is 6.70. The van der Waals surface area contributed by atoms with Crippen LogP contribution in [0.1, 0.15) is 27.1 Å². The fourth-order valence-electron chi connectivity index (χ4n) is 2.72. The smallest absolute Gasteiger partial charge is 0.308 e. The van der Waals surface area contributed by atoms with Crippen molar-refractivity contribution < 1.29 is 28.8 Å². The van der Waals surface area contributed by atoms with Gasteiger partial charge in [-0.3, -0.25) is 34.2 Å². The summed E-state index contributed by atoms with van der Waals surface area (Å²) in [5, 5.41) is 13.9. The molecular formula is C18H13ClN4O7. The summed E-state index contributed by atoms with van der Waals surface area (Å²) in [7, 11) is 0. The minimum Gasteiger partial charge on any atom is -0.456 e. The van der Waals surface area contributed by atoms with E-state index in [1.54, 1.807) is 0 Å². The van der Waals surface area contributed by atoms with Gasteiger partial charge in [0.1, 0.15) is 11.4 Å². The van der Waals surface area contributed by atoms with Crippen LogP contribution < -0.4 is 5.32 Å². The van der Waals surface area contributed by atoms with E-state index < -0.39 is 40.9 Å². The molecule has 2 aromatic rings. The van der Waals surface area contributed by atoms with Crippen molar-refractivity contribution in [1.82, 2.24) is 9.88 Å². The third kappa shape index (κ3) is 4.41. The van der Waals surface area contributed by atoms with Crippen LogP contribution in [0, 0.1) is 10.1 Å². The number of anilines is 1. The maximum Gasteiger partial charge on any atom is 0.308 e.